The van der Waals surface area contributed by atoms with Crippen molar-refractivity contribution in [3.8, 4) is 34.5 Å². The summed E-state index contributed by atoms with van der Waals surface area (Å²) in [6.07, 6.45) is -3.69. The number of carbonyl (C=O) groups excluding carboxylic acids is 2. The highest BCUT2D eigenvalue weighted by Gasteiger charge is 2.40. The minimum Gasteiger partial charge on any atom is -0.508 e. The maximum absolute atomic E-state index is 14.3. The third kappa shape index (κ3) is 12.7. The van der Waals surface area contributed by atoms with Crippen molar-refractivity contribution in [3.05, 3.63) is 96.1 Å². The van der Waals surface area contributed by atoms with Crippen LogP contribution in [0.1, 0.15) is 24.0 Å². The molecular formula is C41H47F3N4O12S+2. The molecule has 3 amide bonds. The Morgan fingerprint density at radius 2 is 1.38 bits per heavy atom. The lowest BCUT2D eigenvalue weighted by Gasteiger charge is -2.38. The monoisotopic (exact) mass is 876 g/mol. The molecule has 16 nitrogen and oxygen atoms in total. The van der Waals surface area contributed by atoms with Gasteiger partial charge < -0.3 is 43.6 Å². The van der Waals surface area contributed by atoms with Gasteiger partial charge in [0.15, 0.2) is 29.0 Å². The molecule has 4 aromatic rings. The lowest BCUT2D eigenvalue weighted by molar-refractivity contribution is -0.918. The summed E-state index contributed by atoms with van der Waals surface area (Å²) in [5.74, 6) is -1.57. The average molecular weight is 877 g/mol. The van der Waals surface area contributed by atoms with Crippen LogP contribution in [0.2, 0.25) is 0 Å². The first-order valence-electron chi connectivity index (χ1n) is 18.4. The molecule has 1 aliphatic rings. The van der Waals surface area contributed by atoms with Crippen molar-refractivity contribution >= 4 is 39.4 Å². The first-order valence-corrected chi connectivity index (χ1v) is 19.8. The molecule has 1 heterocycles. The van der Waals surface area contributed by atoms with E-state index in [1.807, 2.05) is 18.2 Å². The summed E-state index contributed by atoms with van der Waals surface area (Å²) in [5, 5.41) is 19.8. The van der Waals surface area contributed by atoms with Crippen molar-refractivity contribution in [1.82, 2.24) is 0 Å². The van der Waals surface area contributed by atoms with Crippen LogP contribution in [0, 0.1) is 0 Å². The van der Waals surface area contributed by atoms with Crippen LogP contribution in [0.15, 0.2) is 89.8 Å². The number of phenolic OH excluding ortho intramolecular Hbond substituents is 1. The highest BCUT2D eigenvalue weighted by atomic mass is 32.2. The Bertz CT molecular complexity index is 2340. The number of nitrogens with two attached hydrogens (primary N) is 1. The van der Waals surface area contributed by atoms with Gasteiger partial charge >= 0.3 is 28.3 Å². The van der Waals surface area contributed by atoms with Crippen LogP contribution in [-0.2, 0) is 32.7 Å². The highest BCUT2D eigenvalue weighted by molar-refractivity contribution is 7.87. The standard InChI is InChI=1S/C39H44N4O10S.C2HF3O2/c1-43(24-27-10-18-34(49-2)36(22-27)51-4)20-6-7-29(25-43)42(33(38(40)45)21-26-8-13-30(44)14-9-26)39(46)41-28-11-15-31(16-12-28)53-54(47,48)32-17-19-35(50-3)37(23-32)52-5;3-2(4,5)1(6)7/h8-19,22-23,33H,6-7,20-21,24-25H2,1-5H3,(H2-2,40,41,44,45,46);(H,6,7)/p+2/b42-29-;/t33-,43?;/m0./s1. The van der Waals surface area contributed by atoms with Gasteiger partial charge in [0.25, 0.3) is 5.91 Å². The van der Waals surface area contributed by atoms with Crippen molar-refractivity contribution in [1.29, 1.82) is 0 Å². The molecule has 20 heteroatoms. The van der Waals surface area contributed by atoms with Gasteiger partial charge in [-0.25, -0.2) is 10.1 Å². The van der Waals surface area contributed by atoms with Crippen molar-refractivity contribution < 1.29 is 78.4 Å². The maximum Gasteiger partial charge on any atom is 0.496 e. The minimum absolute atomic E-state index is 0.00636. The fraction of sp³-hybridized carbons (Fsp3) is 0.317. The number of rotatable bonds is 14. The Morgan fingerprint density at radius 3 is 1.92 bits per heavy atom. The molecule has 0 aromatic heterocycles. The van der Waals surface area contributed by atoms with Crippen LogP contribution in [0.4, 0.5) is 23.7 Å². The molecule has 1 aliphatic heterocycles. The van der Waals surface area contributed by atoms with Crippen molar-refractivity contribution in [2.45, 2.75) is 42.9 Å². The normalized spacial score (nSPS) is 16.5. The van der Waals surface area contributed by atoms with Crippen LogP contribution >= 0.6 is 0 Å². The number of aliphatic carboxylic acids is 1. The molecule has 0 radical (unpaired) electrons. The summed E-state index contributed by atoms with van der Waals surface area (Å²) in [6, 6.07) is 20.4. The van der Waals surface area contributed by atoms with Crippen molar-refractivity contribution in [2.75, 3.05) is 53.9 Å². The molecule has 4 aromatic carbocycles. The minimum atomic E-state index is -5.08. The number of carbonyl (C=O) groups is 3. The van der Waals surface area contributed by atoms with Crippen molar-refractivity contribution in [3.63, 3.8) is 0 Å². The second-order valence-corrected chi connectivity index (χ2v) is 15.5. The molecule has 0 bridgehead atoms. The molecule has 1 unspecified atom stereocenters. The Labute approximate surface area is 350 Å². The summed E-state index contributed by atoms with van der Waals surface area (Å²) in [6.45, 7) is 1.88. The number of carboxylic acid groups (broad SMARTS) is 1. The van der Waals surface area contributed by atoms with E-state index in [2.05, 4.69) is 12.4 Å². The van der Waals surface area contributed by atoms with Crippen LogP contribution in [0.25, 0.3) is 0 Å². The van der Waals surface area contributed by atoms with E-state index in [1.165, 1.54) is 73.4 Å². The molecule has 5 N–H and O–H groups in total. The lowest BCUT2D eigenvalue weighted by Crippen LogP contribution is -2.56. The van der Waals surface area contributed by atoms with E-state index in [-0.39, 0.29) is 28.6 Å². The molecule has 0 spiro atoms. The Kier molecular flexibility index (Phi) is 15.6. The smallest absolute Gasteiger partial charge is 0.496 e. The molecule has 2 atom stereocenters. The third-order valence-electron chi connectivity index (χ3n) is 9.50. The van der Waals surface area contributed by atoms with Gasteiger partial charge in [-0.3, -0.25) is 4.79 Å². The molecule has 1 saturated heterocycles. The maximum atomic E-state index is 14.3. The van der Waals surface area contributed by atoms with E-state index in [0.29, 0.717) is 52.5 Å². The zero-order valence-electron chi connectivity index (χ0n) is 33.9. The number of alkyl halides is 3. The van der Waals surface area contributed by atoms with Crippen LogP contribution in [0.5, 0.6) is 34.5 Å². The number of urea groups is 1. The highest BCUT2D eigenvalue weighted by Crippen LogP contribution is 2.32. The Hall–Kier alpha value is -6.54. The number of nitrogens with zero attached hydrogens (tertiary/aromatic N) is 2. The number of piperidine rings is 1. The summed E-state index contributed by atoms with van der Waals surface area (Å²) in [5.41, 5.74) is 8.79. The molecule has 0 aliphatic carbocycles. The van der Waals surface area contributed by atoms with E-state index < -0.39 is 40.2 Å². The number of benzene rings is 4. The first-order chi connectivity index (χ1) is 28.7. The van der Waals surface area contributed by atoms with E-state index in [0.717, 1.165) is 24.2 Å². The number of quaternary nitrogens is 1. The predicted molar refractivity (Wildman–Crippen MR) is 215 cm³/mol. The SMILES string of the molecule is COc1ccc(C[N+]2(C)CCC/C(=[N+](/C(=O)Nc3ccc(OS(=O)(=O)c4ccc(OC)c(OC)c4)cc3)[C@@H](Cc3ccc(O)cc3)C(N)=O)C2)cc1OC.O=C(O)C(F)(F)F. The molecule has 0 saturated carbocycles. The van der Waals surface area contributed by atoms with E-state index in [9.17, 15) is 36.3 Å². The van der Waals surface area contributed by atoms with Gasteiger partial charge in [0.05, 0.1) is 42.0 Å². The number of primary amides is 1. The predicted octanol–water partition coefficient (Wildman–Crippen LogP) is 5.35. The largest absolute Gasteiger partial charge is 0.508 e. The van der Waals surface area contributed by atoms with Gasteiger partial charge in [-0.1, -0.05) is 12.1 Å². The number of methoxy groups -OCH3 is 4. The topological polar surface area (TPSA) is 213 Å². The molecule has 61 heavy (non-hydrogen) atoms. The number of carboxylic acids is 1. The Balaban J connectivity index is 0.00000107. The van der Waals surface area contributed by atoms with Crippen LogP contribution in [0.3, 0.4) is 0 Å². The van der Waals surface area contributed by atoms with Gasteiger partial charge in [-0.2, -0.15) is 31.0 Å². The first kappa shape index (κ1) is 47.1. The van der Waals surface area contributed by atoms with E-state index >= 15 is 0 Å². The number of halogens is 3. The number of amides is 3. The fourth-order valence-electron chi connectivity index (χ4n) is 6.62. The summed E-state index contributed by atoms with van der Waals surface area (Å²) < 4.78 is 86.6. The average Bonchev–Trinajstić information content (AvgIpc) is 3.21. The second-order valence-electron chi connectivity index (χ2n) is 14.0. The number of likely N-dealkylation sites (tertiary alicyclic amines) is 1. The summed E-state index contributed by atoms with van der Waals surface area (Å²) >= 11 is 0. The Morgan fingerprint density at radius 1 is 0.836 bits per heavy atom. The summed E-state index contributed by atoms with van der Waals surface area (Å²) in [7, 11) is 3.86. The number of hydrogen-bond donors (Lipinski definition) is 4. The van der Waals surface area contributed by atoms with E-state index in [4.69, 9.17) is 38.8 Å². The van der Waals surface area contributed by atoms with E-state index in [1.54, 1.807) is 26.4 Å². The van der Waals surface area contributed by atoms with Crippen LogP contribution in [-0.4, -0.2) is 112 Å². The summed E-state index contributed by atoms with van der Waals surface area (Å²) in [4.78, 5) is 36.2. The number of anilines is 1. The van der Waals surface area contributed by atoms with Crippen LogP contribution < -0.4 is 34.2 Å². The van der Waals surface area contributed by atoms with Gasteiger partial charge in [-0.05, 0) is 72.3 Å². The van der Waals surface area contributed by atoms with Gasteiger partial charge in [-0.15, -0.1) is 0 Å². The third-order valence-corrected chi connectivity index (χ3v) is 10.7. The van der Waals surface area contributed by atoms with Gasteiger partial charge in [0.1, 0.15) is 40.9 Å². The van der Waals surface area contributed by atoms with Gasteiger partial charge in [0, 0.05) is 30.9 Å². The number of aromatic hydroxyl groups is 1. The lowest BCUT2D eigenvalue weighted by atomic mass is 10.0. The zero-order chi connectivity index (χ0) is 45.1. The molecule has 5 rings (SSSR count). The fourth-order valence-corrected chi connectivity index (χ4v) is 7.57. The zero-order valence-corrected chi connectivity index (χ0v) is 34.7. The number of phenols is 1. The second kappa shape index (κ2) is 20.1. The van der Waals surface area contributed by atoms with Crippen molar-refractivity contribution in [2.24, 2.45) is 5.73 Å². The number of hydrogen-bond acceptors (Lipinski definition) is 11. The van der Waals surface area contributed by atoms with Gasteiger partial charge in [0.2, 0.25) is 0 Å². The molecule has 1 fully saturated rings. The molecular weight excluding hydrogens is 830 g/mol. The quantitative estimate of drug-likeness (QED) is 0.0718. The number of ether oxygens (including phenoxy) is 4. The molecule has 328 valence electrons. The number of nitrogens with one attached hydrogen (secondary N) is 1.